The molecule has 120 valence electrons. The van der Waals surface area contributed by atoms with Crippen LogP contribution in [0.3, 0.4) is 0 Å². The first kappa shape index (κ1) is 16.6. The molecule has 2 heterocycles. The van der Waals surface area contributed by atoms with Crippen LogP contribution < -0.4 is 0 Å². The van der Waals surface area contributed by atoms with E-state index < -0.39 is 16.7 Å². The average Bonchev–Trinajstić information content (AvgIpc) is 2.60. The number of ether oxygens (including phenoxy) is 3. The van der Waals surface area contributed by atoms with Crippen molar-refractivity contribution in [1.82, 2.24) is 4.90 Å². The molecule has 0 aromatic carbocycles. The van der Waals surface area contributed by atoms with Gasteiger partial charge in [0.15, 0.2) is 0 Å². The number of morpholine rings is 1. The standard InChI is InChI=1S/C14H18N2O5S/c1-19-12(17)14(13(18)20-2)4-3-10(9-15)11(22-14)16-5-7-21-8-6-16/h3-8H2,1-2H3. The van der Waals surface area contributed by atoms with Crippen LogP contribution in [-0.4, -0.2) is 62.1 Å². The molecule has 0 amide bonds. The van der Waals surface area contributed by atoms with Crippen molar-refractivity contribution < 1.29 is 23.8 Å². The molecule has 8 heteroatoms. The van der Waals surface area contributed by atoms with Crippen LogP contribution in [0.25, 0.3) is 0 Å². The van der Waals surface area contributed by atoms with E-state index in [1.54, 1.807) is 0 Å². The Morgan fingerprint density at radius 1 is 1.27 bits per heavy atom. The molecule has 2 aliphatic rings. The molecular formula is C14H18N2O5S. The second kappa shape index (κ2) is 7.03. The number of allylic oxidation sites excluding steroid dienone is 1. The van der Waals surface area contributed by atoms with E-state index in [2.05, 4.69) is 6.07 Å². The molecule has 22 heavy (non-hydrogen) atoms. The molecule has 0 atom stereocenters. The topological polar surface area (TPSA) is 88.9 Å². The summed E-state index contributed by atoms with van der Waals surface area (Å²) in [7, 11) is 2.48. The lowest BCUT2D eigenvalue weighted by atomic mass is 9.98. The van der Waals surface area contributed by atoms with Crippen molar-refractivity contribution in [2.75, 3.05) is 40.5 Å². The quantitative estimate of drug-likeness (QED) is 0.552. The summed E-state index contributed by atoms with van der Waals surface area (Å²) < 4.78 is 13.5. The van der Waals surface area contributed by atoms with Gasteiger partial charge in [-0.1, -0.05) is 11.8 Å². The predicted octanol–water partition coefficient (Wildman–Crippen LogP) is 0.666. The first-order chi connectivity index (χ1) is 10.6. The summed E-state index contributed by atoms with van der Waals surface area (Å²) in [5, 5.41) is 9.99. The highest BCUT2D eigenvalue weighted by Gasteiger charge is 2.53. The van der Waals surface area contributed by atoms with Gasteiger partial charge >= 0.3 is 11.9 Å². The second-order valence-electron chi connectivity index (χ2n) is 4.91. The molecule has 0 spiro atoms. The first-order valence-corrected chi connectivity index (χ1v) is 7.72. The molecule has 2 rings (SSSR count). The number of hydrogen-bond acceptors (Lipinski definition) is 8. The molecule has 0 aromatic heterocycles. The van der Waals surface area contributed by atoms with Crippen LogP contribution in [0, 0.1) is 11.3 Å². The summed E-state index contributed by atoms with van der Waals surface area (Å²) in [5.74, 6) is -1.29. The van der Waals surface area contributed by atoms with Gasteiger partial charge in [0.05, 0.1) is 44.1 Å². The van der Waals surface area contributed by atoms with Crippen molar-refractivity contribution in [1.29, 1.82) is 5.26 Å². The summed E-state index contributed by atoms with van der Waals surface area (Å²) >= 11 is 1.06. The smallest absolute Gasteiger partial charge is 0.333 e. The van der Waals surface area contributed by atoms with Gasteiger partial charge in [0.25, 0.3) is 0 Å². The van der Waals surface area contributed by atoms with Crippen molar-refractivity contribution in [2.24, 2.45) is 0 Å². The molecule has 0 saturated carbocycles. The van der Waals surface area contributed by atoms with Gasteiger partial charge < -0.3 is 19.1 Å². The molecule has 0 unspecified atom stereocenters. The molecule has 1 saturated heterocycles. The van der Waals surface area contributed by atoms with E-state index in [1.165, 1.54) is 14.2 Å². The van der Waals surface area contributed by atoms with Crippen LogP contribution in [0.1, 0.15) is 12.8 Å². The Bertz CT molecular complexity index is 518. The number of carbonyl (C=O) groups excluding carboxylic acids is 2. The zero-order valence-corrected chi connectivity index (χ0v) is 13.4. The van der Waals surface area contributed by atoms with Gasteiger partial charge in [-0.05, 0) is 12.8 Å². The fourth-order valence-electron chi connectivity index (χ4n) is 2.51. The van der Waals surface area contributed by atoms with Gasteiger partial charge in [0.1, 0.15) is 0 Å². The van der Waals surface area contributed by atoms with Gasteiger partial charge in [-0.2, -0.15) is 5.26 Å². The largest absolute Gasteiger partial charge is 0.468 e. The number of thioether (sulfide) groups is 1. The van der Waals surface area contributed by atoms with E-state index in [1.807, 2.05) is 4.90 Å². The van der Waals surface area contributed by atoms with Gasteiger partial charge in [-0.3, -0.25) is 0 Å². The zero-order chi connectivity index (χ0) is 16.2. The van der Waals surface area contributed by atoms with Gasteiger partial charge in [-0.25, -0.2) is 9.59 Å². The Hall–Kier alpha value is -1.72. The van der Waals surface area contributed by atoms with Gasteiger partial charge in [0.2, 0.25) is 4.75 Å². The molecular weight excluding hydrogens is 308 g/mol. The SMILES string of the molecule is COC(=O)C1(C(=O)OC)CCC(C#N)=C(N2CCOCC2)S1. The Morgan fingerprint density at radius 3 is 2.36 bits per heavy atom. The van der Waals surface area contributed by atoms with Crippen molar-refractivity contribution in [3.05, 3.63) is 10.6 Å². The van der Waals surface area contributed by atoms with E-state index in [0.29, 0.717) is 43.3 Å². The third-order valence-electron chi connectivity index (χ3n) is 3.72. The Balaban J connectivity index is 2.38. The summed E-state index contributed by atoms with van der Waals surface area (Å²) in [6.07, 6.45) is 0.522. The summed E-state index contributed by atoms with van der Waals surface area (Å²) in [5.41, 5.74) is 0.579. The molecule has 1 fully saturated rings. The van der Waals surface area contributed by atoms with E-state index in [-0.39, 0.29) is 6.42 Å². The highest BCUT2D eigenvalue weighted by molar-refractivity contribution is 8.05. The van der Waals surface area contributed by atoms with Crippen molar-refractivity contribution in [3.63, 3.8) is 0 Å². The van der Waals surface area contributed by atoms with Gasteiger partial charge in [0, 0.05) is 13.1 Å². The Kier molecular flexibility index (Phi) is 5.32. The third-order valence-corrected chi connectivity index (χ3v) is 5.30. The minimum Gasteiger partial charge on any atom is -0.468 e. The van der Waals surface area contributed by atoms with Crippen molar-refractivity contribution in [3.8, 4) is 6.07 Å². The van der Waals surface area contributed by atoms with Crippen LogP contribution in [0.5, 0.6) is 0 Å². The first-order valence-electron chi connectivity index (χ1n) is 6.91. The maximum Gasteiger partial charge on any atom is 0.333 e. The maximum absolute atomic E-state index is 12.2. The fraction of sp³-hybridized carbons (Fsp3) is 0.643. The van der Waals surface area contributed by atoms with Crippen LogP contribution >= 0.6 is 11.8 Å². The monoisotopic (exact) mass is 326 g/mol. The highest BCUT2D eigenvalue weighted by atomic mass is 32.2. The van der Waals surface area contributed by atoms with Crippen molar-refractivity contribution >= 4 is 23.7 Å². The van der Waals surface area contributed by atoms with Crippen LogP contribution in [0.15, 0.2) is 10.6 Å². The molecule has 0 aliphatic carbocycles. The Labute approximate surface area is 133 Å². The second-order valence-corrected chi connectivity index (χ2v) is 6.19. The van der Waals surface area contributed by atoms with Crippen molar-refractivity contribution in [2.45, 2.75) is 17.6 Å². The third kappa shape index (κ3) is 2.91. The van der Waals surface area contributed by atoms with E-state index in [4.69, 9.17) is 14.2 Å². The number of hydrogen-bond donors (Lipinski definition) is 0. The predicted molar refractivity (Wildman–Crippen MR) is 78.6 cm³/mol. The number of carbonyl (C=O) groups is 2. The molecule has 0 bridgehead atoms. The summed E-state index contributed by atoms with van der Waals surface area (Å²) in [4.78, 5) is 26.4. The van der Waals surface area contributed by atoms with Gasteiger partial charge in [-0.15, -0.1) is 0 Å². The molecule has 0 aromatic rings. The molecule has 2 aliphatic heterocycles. The van der Waals surface area contributed by atoms with E-state index in [9.17, 15) is 14.9 Å². The minimum atomic E-state index is -1.45. The highest BCUT2D eigenvalue weighted by Crippen LogP contribution is 2.46. The van der Waals surface area contributed by atoms with E-state index in [0.717, 1.165) is 11.8 Å². The van der Waals surface area contributed by atoms with E-state index >= 15 is 0 Å². The number of esters is 2. The zero-order valence-electron chi connectivity index (χ0n) is 12.6. The molecule has 7 nitrogen and oxygen atoms in total. The molecule has 0 radical (unpaired) electrons. The average molecular weight is 326 g/mol. The fourth-order valence-corrected chi connectivity index (χ4v) is 3.96. The van der Waals surface area contributed by atoms with Crippen LogP contribution in [0.2, 0.25) is 0 Å². The summed E-state index contributed by atoms with van der Waals surface area (Å²) in [6.45, 7) is 2.33. The lowest BCUT2D eigenvalue weighted by Crippen LogP contribution is -2.48. The maximum atomic E-state index is 12.2. The Morgan fingerprint density at radius 2 is 1.86 bits per heavy atom. The molecule has 0 N–H and O–H groups in total. The number of methoxy groups -OCH3 is 2. The summed E-state index contributed by atoms with van der Waals surface area (Å²) in [6, 6.07) is 2.18. The van der Waals surface area contributed by atoms with Crippen LogP contribution in [0.4, 0.5) is 0 Å². The number of nitrogens with zero attached hydrogens (tertiary/aromatic N) is 2. The van der Waals surface area contributed by atoms with Crippen LogP contribution in [-0.2, 0) is 23.8 Å². The number of rotatable bonds is 3. The lowest BCUT2D eigenvalue weighted by Gasteiger charge is -2.38. The lowest BCUT2D eigenvalue weighted by molar-refractivity contribution is -0.156. The number of nitriles is 1. The minimum absolute atomic E-state index is 0.188. The normalized spacial score (nSPS) is 21.0.